The van der Waals surface area contributed by atoms with Gasteiger partial charge in [-0.15, -0.1) is 0 Å². The highest BCUT2D eigenvalue weighted by Gasteiger charge is 2.03. The Hall–Kier alpha value is -1.94. The highest BCUT2D eigenvalue weighted by Crippen LogP contribution is 2.14. The van der Waals surface area contributed by atoms with Gasteiger partial charge in [-0.1, -0.05) is 30.4 Å². The molecule has 0 unspecified atom stereocenters. The smallest absolute Gasteiger partial charge is 0.106 e. The predicted octanol–water partition coefficient (Wildman–Crippen LogP) is 2.37. The molecule has 3 N–H and O–H groups in total. The molecule has 1 aromatic carbocycles. The van der Waals surface area contributed by atoms with Crippen molar-refractivity contribution in [1.82, 2.24) is 4.98 Å². The standard InChI is InChI=1S/C14H15N3S/c15-14(18)12-5-1-2-6-13(12)17-9-7-11-4-3-8-16-10-11/h1-6,8,10,17H,7,9H2,(H2,15,18). The highest BCUT2D eigenvalue weighted by atomic mass is 32.1. The number of hydrogen-bond acceptors (Lipinski definition) is 3. The molecule has 0 atom stereocenters. The Morgan fingerprint density at radius 3 is 2.78 bits per heavy atom. The quantitative estimate of drug-likeness (QED) is 0.807. The predicted molar refractivity (Wildman–Crippen MR) is 78.8 cm³/mol. The molecule has 0 aliphatic heterocycles. The van der Waals surface area contributed by atoms with Crippen LogP contribution in [0.5, 0.6) is 0 Å². The first-order valence-corrected chi connectivity index (χ1v) is 6.20. The average Bonchev–Trinajstić information content (AvgIpc) is 2.40. The van der Waals surface area contributed by atoms with Crippen molar-refractivity contribution in [1.29, 1.82) is 0 Å². The lowest BCUT2D eigenvalue weighted by atomic mass is 10.1. The summed E-state index contributed by atoms with van der Waals surface area (Å²) < 4.78 is 0. The van der Waals surface area contributed by atoms with Crippen LogP contribution in [0.2, 0.25) is 0 Å². The van der Waals surface area contributed by atoms with Crippen LogP contribution < -0.4 is 11.1 Å². The zero-order valence-corrected chi connectivity index (χ0v) is 10.8. The molecule has 0 amide bonds. The number of pyridine rings is 1. The van der Waals surface area contributed by atoms with Crippen LogP contribution in [0.4, 0.5) is 5.69 Å². The molecule has 0 aliphatic rings. The molecule has 1 heterocycles. The van der Waals surface area contributed by atoms with Crippen molar-refractivity contribution in [3.63, 3.8) is 0 Å². The third kappa shape index (κ3) is 3.28. The first kappa shape index (κ1) is 12.5. The van der Waals surface area contributed by atoms with Crippen molar-refractivity contribution < 1.29 is 0 Å². The Morgan fingerprint density at radius 2 is 2.06 bits per heavy atom. The number of aromatic nitrogens is 1. The molecule has 2 rings (SSSR count). The molecule has 92 valence electrons. The first-order chi connectivity index (χ1) is 8.77. The fraction of sp³-hybridized carbons (Fsp3) is 0.143. The molecule has 0 saturated carbocycles. The molecule has 0 aliphatic carbocycles. The monoisotopic (exact) mass is 257 g/mol. The number of thiocarbonyl (C=S) groups is 1. The maximum atomic E-state index is 5.68. The van der Waals surface area contributed by atoms with Crippen molar-refractivity contribution in [2.75, 3.05) is 11.9 Å². The molecule has 3 nitrogen and oxygen atoms in total. The van der Waals surface area contributed by atoms with Crippen LogP contribution in [-0.4, -0.2) is 16.5 Å². The lowest BCUT2D eigenvalue weighted by molar-refractivity contribution is 1.00. The summed E-state index contributed by atoms with van der Waals surface area (Å²) in [6.45, 7) is 0.825. The minimum atomic E-state index is 0.416. The summed E-state index contributed by atoms with van der Waals surface area (Å²) in [5, 5.41) is 3.35. The SMILES string of the molecule is NC(=S)c1ccccc1NCCc1cccnc1. The van der Waals surface area contributed by atoms with Gasteiger partial charge in [-0.3, -0.25) is 4.98 Å². The molecule has 18 heavy (non-hydrogen) atoms. The third-order valence-electron chi connectivity index (χ3n) is 2.64. The molecule has 4 heteroatoms. The Labute approximate surface area is 112 Å². The summed E-state index contributed by atoms with van der Waals surface area (Å²) in [5.41, 5.74) is 8.75. The molecule has 0 radical (unpaired) electrons. The van der Waals surface area contributed by atoms with E-state index in [1.807, 2.05) is 36.5 Å². The van der Waals surface area contributed by atoms with Gasteiger partial charge in [0.05, 0.1) is 0 Å². The molecule has 1 aromatic heterocycles. The summed E-state index contributed by atoms with van der Waals surface area (Å²) in [6.07, 6.45) is 4.57. The zero-order valence-electron chi connectivity index (χ0n) is 9.97. The number of anilines is 1. The summed E-state index contributed by atoms with van der Waals surface area (Å²) in [5.74, 6) is 0. The summed E-state index contributed by atoms with van der Waals surface area (Å²) in [6, 6.07) is 11.8. The van der Waals surface area contributed by atoms with E-state index in [0.717, 1.165) is 24.2 Å². The number of benzene rings is 1. The molecule has 0 spiro atoms. The van der Waals surface area contributed by atoms with Crippen LogP contribution in [-0.2, 0) is 6.42 Å². The number of nitrogens with two attached hydrogens (primary N) is 1. The number of hydrogen-bond donors (Lipinski definition) is 2. The summed E-state index contributed by atoms with van der Waals surface area (Å²) in [4.78, 5) is 4.50. The van der Waals surface area contributed by atoms with E-state index in [4.69, 9.17) is 18.0 Å². The van der Waals surface area contributed by atoms with Crippen LogP contribution in [0.15, 0.2) is 48.8 Å². The first-order valence-electron chi connectivity index (χ1n) is 5.79. The fourth-order valence-corrected chi connectivity index (χ4v) is 1.92. The van der Waals surface area contributed by atoms with Crippen molar-refractivity contribution in [2.45, 2.75) is 6.42 Å². The second-order valence-corrected chi connectivity index (χ2v) is 4.39. The maximum absolute atomic E-state index is 5.68. The van der Waals surface area contributed by atoms with Gasteiger partial charge < -0.3 is 11.1 Å². The van der Waals surface area contributed by atoms with Crippen LogP contribution in [0.1, 0.15) is 11.1 Å². The van der Waals surface area contributed by atoms with E-state index in [2.05, 4.69) is 16.4 Å². The molecule has 0 fully saturated rings. The van der Waals surface area contributed by atoms with Crippen molar-refractivity contribution in [3.8, 4) is 0 Å². The van der Waals surface area contributed by atoms with Crippen LogP contribution in [0.25, 0.3) is 0 Å². The second-order valence-electron chi connectivity index (χ2n) is 3.95. The van der Waals surface area contributed by atoms with Gasteiger partial charge in [0, 0.05) is 30.2 Å². The minimum absolute atomic E-state index is 0.416. The van der Waals surface area contributed by atoms with Crippen molar-refractivity contribution in [3.05, 3.63) is 59.9 Å². The van der Waals surface area contributed by atoms with Crippen molar-refractivity contribution >= 4 is 22.9 Å². The van der Waals surface area contributed by atoms with Gasteiger partial charge in [-0.2, -0.15) is 0 Å². The van der Waals surface area contributed by atoms with E-state index in [1.165, 1.54) is 5.56 Å². The average molecular weight is 257 g/mol. The number of rotatable bonds is 5. The molecule has 2 aromatic rings. The Morgan fingerprint density at radius 1 is 1.22 bits per heavy atom. The Kier molecular flexibility index (Phi) is 4.25. The summed E-state index contributed by atoms with van der Waals surface area (Å²) >= 11 is 5.02. The Bertz CT molecular complexity index is 526. The van der Waals surface area contributed by atoms with Gasteiger partial charge in [-0.25, -0.2) is 0 Å². The highest BCUT2D eigenvalue weighted by molar-refractivity contribution is 7.80. The molecular formula is C14H15N3S. The van der Waals surface area contributed by atoms with Crippen molar-refractivity contribution in [2.24, 2.45) is 5.73 Å². The lowest BCUT2D eigenvalue weighted by Gasteiger charge is -2.10. The van der Waals surface area contributed by atoms with E-state index < -0.39 is 0 Å². The van der Waals surface area contributed by atoms with Gasteiger partial charge in [-0.05, 0) is 30.2 Å². The van der Waals surface area contributed by atoms with E-state index in [0.29, 0.717) is 4.99 Å². The number of nitrogens with one attached hydrogen (secondary N) is 1. The van der Waals surface area contributed by atoms with E-state index >= 15 is 0 Å². The van der Waals surface area contributed by atoms with Gasteiger partial charge in [0.2, 0.25) is 0 Å². The fourth-order valence-electron chi connectivity index (χ4n) is 1.74. The Balaban J connectivity index is 1.97. The number of para-hydroxylation sites is 1. The van der Waals surface area contributed by atoms with E-state index in [9.17, 15) is 0 Å². The molecular weight excluding hydrogens is 242 g/mol. The molecule has 0 bridgehead atoms. The summed E-state index contributed by atoms with van der Waals surface area (Å²) in [7, 11) is 0. The van der Waals surface area contributed by atoms with Crippen LogP contribution >= 0.6 is 12.2 Å². The molecule has 0 saturated heterocycles. The lowest BCUT2D eigenvalue weighted by Crippen LogP contribution is -2.14. The van der Waals surface area contributed by atoms with Crippen LogP contribution in [0.3, 0.4) is 0 Å². The number of nitrogens with zero attached hydrogens (tertiary/aromatic N) is 1. The zero-order chi connectivity index (χ0) is 12.8. The van der Waals surface area contributed by atoms with Gasteiger partial charge >= 0.3 is 0 Å². The van der Waals surface area contributed by atoms with Gasteiger partial charge in [0.1, 0.15) is 4.99 Å². The largest absolute Gasteiger partial charge is 0.389 e. The van der Waals surface area contributed by atoms with Gasteiger partial charge in [0.25, 0.3) is 0 Å². The van der Waals surface area contributed by atoms with Crippen LogP contribution in [0, 0.1) is 0 Å². The van der Waals surface area contributed by atoms with E-state index in [1.54, 1.807) is 6.20 Å². The second kappa shape index (κ2) is 6.12. The minimum Gasteiger partial charge on any atom is -0.389 e. The maximum Gasteiger partial charge on any atom is 0.106 e. The van der Waals surface area contributed by atoms with E-state index in [-0.39, 0.29) is 0 Å². The topological polar surface area (TPSA) is 50.9 Å². The van der Waals surface area contributed by atoms with Gasteiger partial charge in [0.15, 0.2) is 0 Å². The third-order valence-corrected chi connectivity index (χ3v) is 2.86. The normalized spacial score (nSPS) is 10.0.